The summed E-state index contributed by atoms with van der Waals surface area (Å²) in [6.07, 6.45) is 0.809. The first-order valence-electron chi connectivity index (χ1n) is 8.96. The molecule has 0 fully saturated rings. The molecular formula is C20H20N2O6S. The standard InChI is InChI=1S/C20H20N2O6S/c1-13-9-10-21(15-5-3-4-6-18(15)29-13)19(23)12-28-20(24)14-7-8-17(27-2)16(11-14)22(25)26/h3-8,11,13H,9-10,12H2,1-2H3/t13-/m1/s1. The van der Waals surface area contributed by atoms with Gasteiger partial charge in [-0.2, -0.15) is 0 Å². The third-order valence-electron chi connectivity index (χ3n) is 4.48. The maximum atomic E-state index is 12.7. The number of para-hydroxylation sites is 1. The van der Waals surface area contributed by atoms with E-state index in [1.807, 2.05) is 24.3 Å². The minimum absolute atomic E-state index is 0.0225. The number of thioether (sulfide) groups is 1. The first-order valence-corrected chi connectivity index (χ1v) is 9.84. The van der Waals surface area contributed by atoms with Gasteiger partial charge in [0.15, 0.2) is 12.4 Å². The molecule has 1 aliphatic heterocycles. The molecule has 0 spiro atoms. The lowest BCUT2D eigenvalue weighted by Crippen LogP contribution is -2.35. The molecule has 0 radical (unpaired) electrons. The summed E-state index contributed by atoms with van der Waals surface area (Å²) in [6.45, 7) is 2.17. The number of ether oxygens (including phenoxy) is 2. The summed E-state index contributed by atoms with van der Waals surface area (Å²) >= 11 is 1.71. The minimum Gasteiger partial charge on any atom is -0.490 e. The summed E-state index contributed by atoms with van der Waals surface area (Å²) in [6, 6.07) is 11.4. The van der Waals surface area contributed by atoms with E-state index in [1.165, 1.54) is 19.2 Å². The Kier molecular flexibility index (Phi) is 6.38. The number of hydrogen-bond acceptors (Lipinski definition) is 7. The topological polar surface area (TPSA) is 99.0 Å². The lowest BCUT2D eigenvalue weighted by Gasteiger charge is -2.22. The van der Waals surface area contributed by atoms with Crippen LogP contribution >= 0.6 is 11.8 Å². The molecule has 2 aromatic rings. The Bertz CT molecular complexity index is 948. The Morgan fingerprint density at radius 1 is 1.28 bits per heavy atom. The van der Waals surface area contributed by atoms with Gasteiger partial charge in [0.25, 0.3) is 5.91 Å². The van der Waals surface area contributed by atoms with Crippen molar-refractivity contribution in [2.75, 3.05) is 25.2 Å². The average Bonchev–Trinajstić information content (AvgIpc) is 2.89. The Morgan fingerprint density at radius 3 is 2.76 bits per heavy atom. The van der Waals surface area contributed by atoms with E-state index in [1.54, 1.807) is 16.7 Å². The van der Waals surface area contributed by atoms with Crippen LogP contribution in [0.3, 0.4) is 0 Å². The van der Waals surface area contributed by atoms with Crippen LogP contribution in [0.4, 0.5) is 11.4 Å². The van der Waals surface area contributed by atoms with Gasteiger partial charge in [0.1, 0.15) is 0 Å². The molecule has 0 saturated carbocycles. The fourth-order valence-corrected chi connectivity index (χ4v) is 4.11. The number of nitro benzene ring substituents is 1. The van der Waals surface area contributed by atoms with E-state index >= 15 is 0 Å². The summed E-state index contributed by atoms with van der Waals surface area (Å²) in [4.78, 5) is 38.1. The molecule has 0 N–H and O–H groups in total. The van der Waals surface area contributed by atoms with Gasteiger partial charge in [-0.3, -0.25) is 14.9 Å². The van der Waals surface area contributed by atoms with Crippen LogP contribution in [0.1, 0.15) is 23.7 Å². The first kappa shape index (κ1) is 20.7. The monoisotopic (exact) mass is 416 g/mol. The number of anilines is 1. The fraction of sp³-hybridized carbons (Fsp3) is 0.300. The number of fused-ring (bicyclic) bond motifs is 1. The number of carbonyl (C=O) groups excluding carboxylic acids is 2. The van der Waals surface area contributed by atoms with Crippen LogP contribution in [0.25, 0.3) is 0 Å². The maximum Gasteiger partial charge on any atom is 0.338 e. The normalized spacial score (nSPS) is 15.8. The van der Waals surface area contributed by atoms with Crippen LogP contribution in [0.15, 0.2) is 47.4 Å². The number of amides is 1. The minimum atomic E-state index is -0.810. The van der Waals surface area contributed by atoms with Crippen LogP contribution in [-0.4, -0.2) is 42.3 Å². The summed E-state index contributed by atoms with van der Waals surface area (Å²) in [5.41, 5.74) is 0.425. The third-order valence-corrected chi connectivity index (χ3v) is 5.72. The highest BCUT2D eigenvalue weighted by molar-refractivity contribution is 8.00. The second-order valence-corrected chi connectivity index (χ2v) is 7.93. The van der Waals surface area contributed by atoms with E-state index in [-0.39, 0.29) is 22.9 Å². The van der Waals surface area contributed by atoms with E-state index in [0.29, 0.717) is 11.8 Å². The van der Waals surface area contributed by atoms with Crippen LogP contribution < -0.4 is 9.64 Å². The average molecular weight is 416 g/mol. The highest BCUT2D eigenvalue weighted by atomic mass is 32.2. The molecule has 1 atom stereocenters. The molecule has 8 nitrogen and oxygen atoms in total. The van der Waals surface area contributed by atoms with Crippen molar-refractivity contribution in [1.82, 2.24) is 0 Å². The quantitative estimate of drug-likeness (QED) is 0.416. The van der Waals surface area contributed by atoms with Gasteiger partial charge >= 0.3 is 11.7 Å². The van der Waals surface area contributed by atoms with Crippen molar-refractivity contribution in [2.45, 2.75) is 23.5 Å². The molecule has 0 bridgehead atoms. The molecule has 0 aromatic heterocycles. The molecule has 0 unspecified atom stereocenters. The van der Waals surface area contributed by atoms with Crippen LogP contribution in [0, 0.1) is 10.1 Å². The number of benzene rings is 2. The zero-order chi connectivity index (χ0) is 21.0. The molecule has 1 aliphatic rings. The molecule has 3 rings (SSSR count). The molecular weight excluding hydrogens is 396 g/mol. The van der Waals surface area contributed by atoms with Crippen LogP contribution in [0.2, 0.25) is 0 Å². The van der Waals surface area contributed by atoms with Gasteiger partial charge in [-0.1, -0.05) is 19.1 Å². The van der Waals surface area contributed by atoms with E-state index < -0.39 is 17.5 Å². The predicted molar refractivity (Wildman–Crippen MR) is 109 cm³/mol. The number of rotatable bonds is 5. The molecule has 29 heavy (non-hydrogen) atoms. The molecule has 2 aromatic carbocycles. The number of nitrogens with zero attached hydrogens (tertiary/aromatic N) is 2. The van der Waals surface area contributed by atoms with Crippen LogP contribution in [-0.2, 0) is 9.53 Å². The summed E-state index contributed by atoms with van der Waals surface area (Å²) in [7, 11) is 1.30. The van der Waals surface area contributed by atoms with Crippen molar-refractivity contribution in [3.8, 4) is 5.75 Å². The lowest BCUT2D eigenvalue weighted by atomic mass is 10.2. The van der Waals surface area contributed by atoms with Gasteiger partial charge in [-0.05, 0) is 30.7 Å². The molecule has 0 saturated heterocycles. The predicted octanol–water partition coefficient (Wildman–Crippen LogP) is 3.68. The number of methoxy groups -OCH3 is 1. The van der Waals surface area contributed by atoms with Crippen molar-refractivity contribution in [3.63, 3.8) is 0 Å². The highest BCUT2D eigenvalue weighted by Gasteiger charge is 2.25. The number of esters is 1. The van der Waals surface area contributed by atoms with Gasteiger partial charge < -0.3 is 14.4 Å². The fourth-order valence-electron chi connectivity index (χ4n) is 2.99. The van der Waals surface area contributed by atoms with Crippen molar-refractivity contribution in [1.29, 1.82) is 0 Å². The zero-order valence-corrected chi connectivity index (χ0v) is 16.8. The van der Waals surface area contributed by atoms with E-state index in [9.17, 15) is 19.7 Å². The van der Waals surface area contributed by atoms with Gasteiger partial charge in [0.05, 0.1) is 23.3 Å². The summed E-state index contributed by atoms with van der Waals surface area (Å²) < 4.78 is 10.0. The second-order valence-electron chi connectivity index (χ2n) is 6.45. The second kappa shape index (κ2) is 8.95. The van der Waals surface area contributed by atoms with Gasteiger partial charge in [-0.25, -0.2) is 4.79 Å². The number of hydrogen-bond donors (Lipinski definition) is 0. The molecule has 1 amide bonds. The summed E-state index contributed by atoms with van der Waals surface area (Å²) in [5, 5.41) is 11.5. The Hall–Kier alpha value is -3.07. The number of nitro groups is 1. The van der Waals surface area contributed by atoms with E-state index in [2.05, 4.69) is 6.92 Å². The first-order chi connectivity index (χ1) is 13.9. The lowest BCUT2D eigenvalue weighted by molar-refractivity contribution is -0.385. The van der Waals surface area contributed by atoms with E-state index in [0.717, 1.165) is 23.1 Å². The maximum absolute atomic E-state index is 12.7. The van der Waals surface area contributed by atoms with E-state index in [4.69, 9.17) is 9.47 Å². The largest absolute Gasteiger partial charge is 0.490 e. The Morgan fingerprint density at radius 2 is 2.03 bits per heavy atom. The zero-order valence-electron chi connectivity index (χ0n) is 16.0. The van der Waals surface area contributed by atoms with Crippen molar-refractivity contribution < 1.29 is 24.0 Å². The SMILES string of the molecule is COc1ccc(C(=O)OCC(=O)N2CC[C@@H](C)Sc3ccccc32)cc1[N+](=O)[O-]. The smallest absolute Gasteiger partial charge is 0.338 e. The van der Waals surface area contributed by atoms with Gasteiger partial charge in [-0.15, -0.1) is 11.8 Å². The van der Waals surface area contributed by atoms with Crippen molar-refractivity contribution >= 4 is 35.0 Å². The molecule has 1 heterocycles. The van der Waals surface area contributed by atoms with Gasteiger partial charge in [0, 0.05) is 22.8 Å². The number of carbonyl (C=O) groups is 2. The van der Waals surface area contributed by atoms with Crippen molar-refractivity contribution in [3.05, 3.63) is 58.1 Å². The third kappa shape index (κ3) is 4.68. The van der Waals surface area contributed by atoms with Crippen molar-refractivity contribution in [2.24, 2.45) is 0 Å². The molecule has 152 valence electrons. The molecule has 0 aliphatic carbocycles. The van der Waals surface area contributed by atoms with Gasteiger partial charge in [0.2, 0.25) is 0 Å². The van der Waals surface area contributed by atoms with Crippen LogP contribution in [0.5, 0.6) is 5.75 Å². The highest BCUT2D eigenvalue weighted by Crippen LogP contribution is 2.37. The summed E-state index contributed by atoms with van der Waals surface area (Å²) in [5.74, 6) is -1.12. The Balaban J connectivity index is 1.72. The Labute approximate surface area is 171 Å². The molecule has 9 heteroatoms.